The number of aryl methyl sites for hydroxylation is 1. The van der Waals surface area contributed by atoms with E-state index in [-0.39, 0.29) is 29.5 Å². The quantitative estimate of drug-likeness (QED) is 0.859. The van der Waals surface area contributed by atoms with Crippen LogP contribution in [-0.4, -0.2) is 22.6 Å². The lowest BCUT2D eigenvalue weighted by molar-refractivity contribution is -0.122. The molecule has 0 bridgehead atoms. The van der Waals surface area contributed by atoms with Crippen LogP contribution in [0.15, 0.2) is 48.5 Å². The molecule has 0 aliphatic carbocycles. The highest BCUT2D eigenvalue weighted by Gasteiger charge is 2.34. The molecule has 3 rings (SSSR count). The molecule has 26 heavy (non-hydrogen) atoms. The number of fused-ring (bicyclic) bond motifs is 1. The van der Waals surface area contributed by atoms with Gasteiger partial charge in [-0.2, -0.15) is 0 Å². The van der Waals surface area contributed by atoms with Gasteiger partial charge in [-0.25, -0.2) is 4.79 Å². The second kappa shape index (κ2) is 7.20. The van der Waals surface area contributed by atoms with Crippen LogP contribution < -0.4 is 10.1 Å². The van der Waals surface area contributed by atoms with E-state index in [2.05, 4.69) is 5.32 Å². The van der Waals surface area contributed by atoms with Crippen LogP contribution in [0.3, 0.4) is 0 Å². The molecule has 0 saturated heterocycles. The number of nitrogens with one attached hydrogen (secondary N) is 1. The van der Waals surface area contributed by atoms with E-state index < -0.39 is 5.97 Å². The molecule has 5 heteroatoms. The Bertz CT molecular complexity index is 828. The van der Waals surface area contributed by atoms with Crippen molar-refractivity contribution in [2.45, 2.75) is 44.8 Å². The summed E-state index contributed by atoms with van der Waals surface area (Å²) in [6.45, 7) is 4.01. The second-order valence-electron chi connectivity index (χ2n) is 7.19. The first-order chi connectivity index (χ1) is 12.4. The molecule has 0 fully saturated rings. The van der Waals surface area contributed by atoms with Crippen molar-refractivity contribution in [2.24, 2.45) is 0 Å². The van der Waals surface area contributed by atoms with E-state index in [1.54, 1.807) is 24.3 Å². The van der Waals surface area contributed by atoms with Gasteiger partial charge in [0.2, 0.25) is 5.91 Å². The fourth-order valence-corrected chi connectivity index (χ4v) is 3.39. The Labute approximate surface area is 153 Å². The minimum atomic E-state index is -0.971. The van der Waals surface area contributed by atoms with Crippen molar-refractivity contribution in [3.8, 4) is 5.75 Å². The third-order valence-corrected chi connectivity index (χ3v) is 4.58. The van der Waals surface area contributed by atoms with Crippen molar-refractivity contribution < 1.29 is 19.4 Å². The van der Waals surface area contributed by atoms with Gasteiger partial charge in [-0.3, -0.25) is 4.79 Å². The minimum Gasteiger partial charge on any atom is -0.487 e. The SMILES string of the molecule is CC1(C)CC(NC(=O)CCc2ccccc2C(=O)O)c2ccccc2O1. The number of carboxylic acids is 1. The number of para-hydroxylation sites is 1. The van der Waals surface area contributed by atoms with Crippen LogP contribution in [0.2, 0.25) is 0 Å². The second-order valence-corrected chi connectivity index (χ2v) is 7.19. The van der Waals surface area contributed by atoms with Crippen LogP contribution >= 0.6 is 0 Å². The first kappa shape index (κ1) is 18.0. The summed E-state index contributed by atoms with van der Waals surface area (Å²) in [7, 11) is 0. The molecule has 2 aromatic carbocycles. The maximum Gasteiger partial charge on any atom is 0.335 e. The number of carboxylic acid groups (broad SMARTS) is 1. The van der Waals surface area contributed by atoms with Gasteiger partial charge < -0.3 is 15.2 Å². The molecule has 2 N–H and O–H groups in total. The summed E-state index contributed by atoms with van der Waals surface area (Å²) in [5, 5.41) is 12.3. The third-order valence-electron chi connectivity index (χ3n) is 4.58. The normalized spacial score (nSPS) is 17.7. The van der Waals surface area contributed by atoms with Crippen molar-refractivity contribution in [2.75, 3.05) is 0 Å². The van der Waals surface area contributed by atoms with Gasteiger partial charge in [-0.05, 0) is 38.0 Å². The summed E-state index contributed by atoms with van der Waals surface area (Å²) in [6.07, 6.45) is 1.31. The molecule has 0 radical (unpaired) electrons. The Kier molecular flexibility index (Phi) is 4.98. The van der Waals surface area contributed by atoms with E-state index >= 15 is 0 Å². The number of aromatic carboxylic acids is 1. The predicted molar refractivity (Wildman–Crippen MR) is 98.4 cm³/mol. The van der Waals surface area contributed by atoms with Gasteiger partial charge in [0.1, 0.15) is 11.4 Å². The van der Waals surface area contributed by atoms with Crippen molar-refractivity contribution in [3.05, 3.63) is 65.2 Å². The number of rotatable bonds is 5. The van der Waals surface area contributed by atoms with Crippen molar-refractivity contribution in [1.29, 1.82) is 0 Å². The average Bonchev–Trinajstić information content (AvgIpc) is 2.59. The van der Waals surface area contributed by atoms with Crippen molar-refractivity contribution in [3.63, 3.8) is 0 Å². The number of hydrogen-bond acceptors (Lipinski definition) is 3. The lowest BCUT2D eigenvalue weighted by Crippen LogP contribution is -2.41. The summed E-state index contributed by atoms with van der Waals surface area (Å²) < 4.78 is 5.99. The molecule has 0 aromatic heterocycles. The third kappa shape index (κ3) is 4.04. The molecule has 0 spiro atoms. The van der Waals surface area contributed by atoms with E-state index in [9.17, 15) is 14.7 Å². The van der Waals surface area contributed by atoms with Gasteiger partial charge in [0.15, 0.2) is 0 Å². The zero-order valence-corrected chi connectivity index (χ0v) is 15.0. The largest absolute Gasteiger partial charge is 0.487 e. The average molecular weight is 353 g/mol. The fourth-order valence-electron chi connectivity index (χ4n) is 3.39. The molecule has 136 valence electrons. The molecule has 1 aliphatic rings. The van der Waals surface area contributed by atoms with E-state index in [0.717, 1.165) is 11.3 Å². The van der Waals surface area contributed by atoms with Crippen LogP contribution in [0.4, 0.5) is 0 Å². The van der Waals surface area contributed by atoms with E-state index in [0.29, 0.717) is 18.4 Å². The summed E-state index contributed by atoms with van der Waals surface area (Å²) in [5.74, 6) is -0.269. The number of amides is 1. The number of benzene rings is 2. The van der Waals surface area contributed by atoms with Gasteiger partial charge in [0.05, 0.1) is 11.6 Å². The first-order valence-corrected chi connectivity index (χ1v) is 8.74. The Morgan fingerprint density at radius 3 is 2.62 bits per heavy atom. The lowest BCUT2D eigenvalue weighted by atomic mass is 9.89. The Morgan fingerprint density at radius 1 is 1.15 bits per heavy atom. The number of hydrogen-bond donors (Lipinski definition) is 2. The summed E-state index contributed by atoms with van der Waals surface area (Å²) in [6, 6.07) is 14.4. The summed E-state index contributed by atoms with van der Waals surface area (Å²) in [4.78, 5) is 23.8. The van der Waals surface area contributed by atoms with Crippen LogP contribution in [-0.2, 0) is 11.2 Å². The van der Waals surface area contributed by atoms with Gasteiger partial charge in [0, 0.05) is 18.4 Å². The molecular formula is C21H23NO4. The molecular weight excluding hydrogens is 330 g/mol. The Morgan fingerprint density at radius 2 is 1.85 bits per heavy atom. The predicted octanol–water partition coefficient (Wildman–Crippen LogP) is 3.74. The maximum atomic E-state index is 12.5. The summed E-state index contributed by atoms with van der Waals surface area (Å²) in [5.41, 5.74) is 1.54. The molecule has 1 amide bonds. The van der Waals surface area contributed by atoms with Crippen molar-refractivity contribution in [1.82, 2.24) is 5.32 Å². The topological polar surface area (TPSA) is 75.6 Å². The van der Waals surface area contributed by atoms with Crippen molar-refractivity contribution >= 4 is 11.9 Å². The monoisotopic (exact) mass is 353 g/mol. The molecule has 5 nitrogen and oxygen atoms in total. The highest BCUT2D eigenvalue weighted by Crippen LogP contribution is 2.39. The lowest BCUT2D eigenvalue weighted by Gasteiger charge is -2.37. The molecule has 2 aromatic rings. The summed E-state index contributed by atoms with van der Waals surface area (Å²) >= 11 is 0. The zero-order chi connectivity index (χ0) is 18.7. The van der Waals surface area contributed by atoms with Crippen LogP contribution in [0.1, 0.15) is 54.2 Å². The first-order valence-electron chi connectivity index (χ1n) is 8.74. The van der Waals surface area contributed by atoms with E-state index in [4.69, 9.17) is 4.74 Å². The standard InChI is InChI=1S/C21H23NO4/c1-21(2)13-17(16-9-5-6-10-18(16)26-21)22-19(23)12-11-14-7-3-4-8-15(14)20(24)25/h3-10,17H,11-13H2,1-2H3,(H,22,23)(H,24,25). The molecule has 0 saturated carbocycles. The maximum absolute atomic E-state index is 12.5. The highest BCUT2D eigenvalue weighted by molar-refractivity contribution is 5.89. The molecule has 1 heterocycles. The van der Waals surface area contributed by atoms with Gasteiger partial charge >= 0.3 is 5.97 Å². The molecule has 1 atom stereocenters. The number of ether oxygens (including phenoxy) is 1. The van der Waals surface area contributed by atoms with Crippen LogP contribution in [0.25, 0.3) is 0 Å². The molecule has 1 aliphatic heterocycles. The van der Waals surface area contributed by atoms with Crippen LogP contribution in [0.5, 0.6) is 5.75 Å². The van der Waals surface area contributed by atoms with Gasteiger partial charge in [-0.1, -0.05) is 36.4 Å². The Hall–Kier alpha value is -2.82. The molecule has 1 unspecified atom stereocenters. The van der Waals surface area contributed by atoms with E-state index in [1.807, 2.05) is 38.1 Å². The highest BCUT2D eigenvalue weighted by atomic mass is 16.5. The number of carbonyl (C=O) groups is 2. The fraction of sp³-hybridized carbons (Fsp3) is 0.333. The zero-order valence-electron chi connectivity index (χ0n) is 15.0. The minimum absolute atomic E-state index is 0.0947. The van der Waals surface area contributed by atoms with Crippen LogP contribution in [0, 0.1) is 0 Å². The smallest absolute Gasteiger partial charge is 0.335 e. The van der Waals surface area contributed by atoms with Gasteiger partial charge in [-0.15, -0.1) is 0 Å². The van der Waals surface area contributed by atoms with E-state index in [1.165, 1.54) is 0 Å². The number of carbonyl (C=O) groups excluding carboxylic acids is 1. The Balaban J connectivity index is 1.68. The van der Waals surface area contributed by atoms with Gasteiger partial charge in [0.25, 0.3) is 0 Å².